The highest BCUT2D eigenvalue weighted by Crippen LogP contribution is 2.31. The number of alkyl halides is 6. The lowest BCUT2D eigenvalue weighted by atomic mass is 9.99. The van der Waals surface area contributed by atoms with Crippen molar-refractivity contribution in [1.82, 2.24) is 9.99 Å². The molecule has 4 nitrogen and oxygen atoms in total. The van der Waals surface area contributed by atoms with E-state index in [1.807, 2.05) is 30.3 Å². The molecule has 1 heterocycles. The number of fused-ring (bicyclic) bond motifs is 1. The van der Waals surface area contributed by atoms with Crippen LogP contribution >= 0.6 is 0 Å². The van der Waals surface area contributed by atoms with Crippen LogP contribution in [0.15, 0.2) is 90.2 Å². The fraction of sp³-hybridized carbons (Fsp3) is 0.120. The summed E-state index contributed by atoms with van der Waals surface area (Å²) in [6, 6.07) is 17.1. The van der Waals surface area contributed by atoms with Crippen LogP contribution in [0.25, 0.3) is 10.9 Å². The van der Waals surface area contributed by atoms with Gasteiger partial charge in [-0.3, -0.25) is 4.79 Å². The average Bonchev–Trinajstić information content (AvgIpc) is 3.21. The first-order valence-electron chi connectivity index (χ1n) is 10.3. The van der Waals surface area contributed by atoms with Crippen LogP contribution in [0, 0.1) is 0 Å². The maximum Gasteiger partial charge on any atom is 0.416 e. The predicted molar refractivity (Wildman–Crippen MR) is 119 cm³/mol. The van der Waals surface area contributed by atoms with Gasteiger partial charge in [-0.25, -0.2) is 5.43 Å². The van der Waals surface area contributed by atoms with Crippen LogP contribution in [-0.2, 0) is 23.7 Å². The molecular weight excluding hydrogens is 472 g/mol. The number of hydrogen-bond donors (Lipinski definition) is 1. The van der Waals surface area contributed by atoms with Gasteiger partial charge >= 0.3 is 12.4 Å². The Kier molecular flexibility index (Phi) is 6.38. The smallest absolute Gasteiger partial charge is 0.338 e. The third-order valence-corrected chi connectivity index (χ3v) is 5.24. The second-order valence-corrected chi connectivity index (χ2v) is 7.65. The van der Waals surface area contributed by atoms with Gasteiger partial charge in [0, 0.05) is 22.8 Å². The molecule has 1 aromatic heterocycles. The number of nitrogens with zero attached hydrogens (tertiary/aromatic N) is 2. The summed E-state index contributed by atoms with van der Waals surface area (Å²) in [5.41, 5.74) is 1.19. The highest BCUT2D eigenvalue weighted by Gasteiger charge is 2.32. The monoisotopic (exact) mass is 489 g/mol. The summed E-state index contributed by atoms with van der Waals surface area (Å²) in [5, 5.41) is 4.91. The van der Waals surface area contributed by atoms with Crippen LogP contribution < -0.4 is 5.43 Å². The molecule has 0 radical (unpaired) electrons. The molecule has 4 rings (SSSR count). The van der Waals surface area contributed by atoms with Crippen LogP contribution in [0.3, 0.4) is 0 Å². The third kappa shape index (κ3) is 5.53. The zero-order chi connectivity index (χ0) is 25.2. The van der Waals surface area contributed by atoms with Crippen molar-refractivity contribution in [2.24, 2.45) is 5.10 Å². The van der Waals surface area contributed by atoms with E-state index in [1.165, 1.54) is 6.07 Å². The molecule has 0 atom stereocenters. The van der Waals surface area contributed by atoms with Crippen molar-refractivity contribution in [2.45, 2.75) is 18.9 Å². The van der Waals surface area contributed by atoms with Gasteiger partial charge in [-0.1, -0.05) is 42.5 Å². The van der Waals surface area contributed by atoms with E-state index in [-0.39, 0.29) is 23.4 Å². The Morgan fingerprint density at radius 1 is 0.771 bits per heavy atom. The van der Waals surface area contributed by atoms with Crippen LogP contribution in [0.4, 0.5) is 26.3 Å². The van der Waals surface area contributed by atoms with Gasteiger partial charge in [0.25, 0.3) is 5.91 Å². The summed E-state index contributed by atoms with van der Waals surface area (Å²) in [7, 11) is 0. The number of amides is 1. The molecule has 0 unspecified atom stereocenters. The Labute approximate surface area is 195 Å². The lowest BCUT2D eigenvalue weighted by molar-refractivity contribution is -0.138. The maximum atomic E-state index is 13.2. The summed E-state index contributed by atoms with van der Waals surface area (Å²) < 4.78 is 80.2. The number of para-hydroxylation sites is 1. The van der Waals surface area contributed by atoms with Crippen molar-refractivity contribution in [2.75, 3.05) is 0 Å². The van der Waals surface area contributed by atoms with Crippen LogP contribution in [0.2, 0.25) is 0 Å². The van der Waals surface area contributed by atoms with Gasteiger partial charge in [0.1, 0.15) is 6.54 Å². The summed E-state index contributed by atoms with van der Waals surface area (Å²) in [5.74, 6) is -0.567. The minimum Gasteiger partial charge on any atom is -0.338 e. The average molecular weight is 489 g/mol. The number of hydrazone groups is 1. The van der Waals surface area contributed by atoms with Gasteiger partial charge in [0.2, 0.25) is 0 Å². The van der Waals surface area contributed by atoms with E-state index < -0.39 is 29.4 Å². The molecule has 0 spiro atoms. The van der Waals surface area contributed by atoms with Crippen molar-refractivity contribution in [3.63, 3.8) is 0 Å². The first-order valence-corrected chi connectivity index (χ1v) is 10.3. The van der Waals surface area contributed by atoms with Crippen molar-refractivity contribution < 1.29 is 31.1 Å². The molecule has 0 fully saturated rings. The highest BCUT2D eigenvalue weighted by molar-refractivity contribution is 6.13. The van der Waals surface area contributed by atoms with E-state index in [9.17, 15) is 31.1 Å². The van der Waals surface area contributed by atoms with Gasteiger partial charge in [-0.05, 0) is 41.8 Å². The van der Waals surface area contributed by atoms with Crippen molar-refractivity contribution in [3.05, 3.63) is 107 Å². The first-order chi connectivity index (χ1) is 16.5. The van der Waals surface area contributed by atoms with E-state index in [0.717, 1.165) is 53.4 Å². The lowest BCUT2D eigenvalue weighted by Gasteiger charge is -2.13. The molecule has 0 aliphatic rings. The number of halogens is 6. The molecule has 0 saturated carbocycles. The Bertz CT molecular complexity index is 1380. The number of benzene rings is 3. The number of nitrogens with one attached hydrogen (secondary N) is 1. The number of carbonyl (C=O) groups excluding carboxylic acids is 1. The molecule has 1 N–H and O–H groups in total. The summed E-state index contributed by atoms with van der Waals surface area (Å²) in [4.78, 5) is 12.6. The van der Waals surface area contributed by atoms with Crippen LogP contribution in [0.1, 0.15) is 22.3 Å². The summed E-state index contributed by atoms with van der Waals surface area (Å²) >= 11 is 0. The topological polar surface area (TPSA) is 46.4 Å². The largest absolute Gasteiger partial charge is 0.416 e. The van der Waals surface area contributed by atoms with E-state index in [1.54, 1.807) is 10.8 Å². The minimum absolute atomic E-state index is 0.0219. The molecule has 10 heteroatoms. The third-order valence-electron chi connectivity index (χ3n) is 5.24. The maximum absolute atomic E-state index is 13.2. The second kappa shape index (κ2) is 9.28. The normalized spacial score (nSPS) is 12.7. The zero-order valence-electron chi connectivity index (χ0n) is 17.9. The summed E-state index contributed by atoms with van der Waals surface area (Å²) in [6.07, 6.45) is -7.52. The van der Waals surface area contributed by atoms with Crippen molar-refractivity contribution in [1.29, 1.82) is 0 Å². The molecule has 0 aliphatic heterocycles. The van der Waals surface area contributed by atoms with Crippen molar-refractivity contribution >= 4 is 22.5 Å². The molecule has 180 valence electrons. The molecule has 0 aliphatic carbocycles. The molecule has 1 amide bonds. The number of hydrogen-bond acceptors (Lipinski definition) is 2. The first kappa shape index (κ1) is 24.1. The predicted octanol–water partition coefficient (Wildman–Crippen LogP) is 6.25. The Morgan fingerprint density at radius 2 is 1.46 bits per heavy atom. The molecule has 35 heavy (non-hydrogen) atoms. The van der Waals surface area contributed by atoms with Gasteiger partial charge in [0.15, 0.2) is 0 Å². The number of aromatic nitrogens is 1. The summed E-state index contributed by atoms with van der Waals surface area (Å²) in [6.45, 7) is -0.125. The van der Waals surface area contributed by atoms with Gasteiger partial charge in [-0.15, -0.1) is 0 Å². The highest BCUT2D eigenvalue weighted by atomic mass is 19.4. The SMILES string of the molecule is O=C(Cn1ccc2ccccc21)NN=C(c1ccc(C(F)(F)F)cc1)c1cccc(C(F)(F)F)c1. The van der Waals surface area contributed by atoms with Crippen LogP contribution in [-0.4, -0.2) is 16.2 Å². The van der Waals surface area contributed by atoms with E-state index in [2.05, 4.69) is 10.5 Å². The Hall–Kier alpha value is -4.08. The number of carbonyl (C=O) groups is 1. The standard InChI is InChI=1S/C25H17F6N3O/c26-24(27,28)19-10-8-17(9-11-19)23(18-5-3-6-20(14-18)25(29,30)31)33-32-22(35)15-34-13-12-16-4-1-2-7-21(16)34/h1-14H,15H2,(H,32,35). The van der Waals surface area contributed by atoms with Gasteiger partial charge in [0.05, 0.1) is 16.8 Å². The van der Waals surface area contributed by atoms with E-state index in [0.29, 0.717) is 0 Å². The molecule has 0 saturated heterocycles. The fourth-order valence-electron chi connectivity index (χ4n) is 3.54. The Balaban J connectivity index is 1.66. The van der Waals surface area contributed by atoms with Crippen LogP contribution in [0.5, 0.6) is 0 Å². The number of rotatable bonds is 5. The zero-order valence-corrected chi connectivity index (χ0v) is 17.9. The minimum atomic E-state index is -4.64. The molecule has 3 aromatic carbocycles. The fourth-order valence-corrected chi connectivity index (χ4v) is 3.54. The quantitative estimate of drug-likeness (QED) is 0.201. The second-order valence-electron chi connectivity index (χ2n) is 7.65. The van der Waals surface area contributed by atoms with E-state index >= 15 is 0 Å². The van der Waals surface area contributed by atoms with Crippen molar-refractivity contribution in [3.8, 4) is 0 Å². The lowest BCUT2D eigenvalue weighted by Crippen LogP contribution is -2.25. The molecule has 0 bridgehead atoms. The molecular formula is C25H17F6N3O. The molecule has 4 aromatic rings. The Morgan fingerprint density at radius 3 is 2.14 bits per heavy atom. The van der Waals surface area contributed by atoms with Gasteiger partial charge < -0.3 is 4.57 Å². The van der Waals surface area contributed by atoms with Gasteiger partial charge in [-0.2, -0.15) is 31.4 Å². The van der Waals surface area contributed by atoms with E-state index in [4.69, 9.17) is 0 Å².